The van der Waals surface area contributed by atoms with Crippen LogP contribution in [0.15, 0.2) is 60.0 Å². The molecule has 3 aromatic rings. The van der Waals surface area contributed by atoms with E-state index in [1.54, 1.807) is 30.6 Å². The van der Waals surface area contributed by atoms with Gasteiger partial charge in [0, 0.05) is 10.9 Å². The molecule has 25 heavy (non-hydrogen) atoms. The molecule has 1 heterocycles. The van der Waals surface area contributed by atoms with Crippen LogP contribution in [0.4, 0.5) is 0 Å². The highest BCUT2D eigenvalue weighted by atomic mass is 32.1. The maximum absolute atomic E-state index is 12.0. The van der Waals surface area contributed by atoms with E-state index in [2.05, 4.69) is 10.3 Å². The molecule has 0 atom stereocenters. The van der Waals surface area contributed by atoms with Gasteiger partial charge in [-0.2, -0.15) is 0 Å². The van der Waals surface area contributed by atoms with Gasteiger partial charge in [-0.1, -0.05) is 42.5 Å². The van der Waals surface area contributed by atoms with Gasteiger partial charge in [-0.05, 0) is 12.1 Å². The van der Waals surface area contributed by atoms with Crippen LogP contribution in [0.2, 0.25) is 0 Å². The van der Waals surface area contributed by atoms with Crippen molar-refractivity contribution in [3.8, 4) is 22.1 Å². The molecule has 3 rings (SSSR count). The first kappa shape index (κ1) is 17.0. The monoisotopic (exact) mass is 354 g/mol. The summed E-state index contributed by atoms with van der Waals surface area (Å²) < 4.78 is 10.7. The number of aromatic nitrogens is 1. The molecule has 0 saturated carbocycles. The van der Waals surface area contributed by atoms with E-state index in [4.69, 9.17) is 9.47 Å². The van der Waals surface area contributed by atoms with Gasteiger partial charge >= 0.3 is 0 Å². The predicted molar refractivity (Wildman–Crippen MR) is 97.9 cm³/mol. The average molecular weight is 354 g/mol. The molecule has 1 amide bonds. The van der Waals surface area contributed by atoms with Crippen LogP contribution < -0.4 is 14.8 Å². The second-order valence-electron chi connectivity index (χ2n) is 5.23. The fraction of sp³-hybridized carbons (Fsp3) is 0.158. The number of carbonyl (C=O) groups is 1. The number of thiazole rings is 1. The minimum atomic E-state index is -0.208. The molecule has 0 radical (unpaired) electrons. The Hall–Kier alpha value is -2.86. The van der Waals surface area contributed by atoms with E-state index in [0.717, 1.165) is 16.3 Å². The number of nitrogens with zero attached hydrogens (tertiary/aromatic N) is 1. The zero-order chi connectivity index (χ0) is 17.5. The van der Waals surface area contributed by atoms with Crippen LogP contribution in [-0.2, 0) is 11.3 Å². The Bertz CT molecular complexity index is 833. The number of para-hydroxylation sites is 2. The molecule has 0 saturated heterocycles. The van der Waals surface area contributed by atoms with Gasteiger partial charge in [-0.15, -0.1) is 11.3 Å². The number of hydrogen-bond acceptors (Lipinski definition) is 5. The second kappa shape index (κ2) is 8.30. The van der Waals surface area contributed by atoms with Crippen molar-refractivity contribution < 1.29 is 14.3 Å². The molecule has 0 fully saturated rings. The Morgan fingerprint density at radius 1 is 1.08 bits per heavy atom. The quantitative estimate of drug-likeness (QED) is 0.705. The number of benzene rings is 2. The predicted octanol–water partition coefficient (Wildman–Crippen LogP) is 3.51. The first-order valence-corrected chi connectivity index (χ1v) is 8.66. The number of rotatable bonds is 7. The molecule has 0 aliphatic rings. The van der Waals surface area contributed by atoms with E-state index in [9.17, 15) is 4.79 Å². The third kappa shape index (κ3) is 4.58. The van der Waals surface area contributed by atoms with E-state index < -0.39 is 0 Å². The van der Waals surface area contributed by atoms with Crippen molar-refractivity contribution in [2.75, 3.05) is 13.7 Å². The molecule has 2 aromatic carbocycles. The van der Waals surface area contributed by atoms with Crippen molar-refractivity contribution in [2.24, 2.45) is 0 Å². The summed E-state index contributed by atoms with van der Waals surface area (Å²) in [5, 5.41) is 5.70. The van der Waals surface area contributed by atoms with E-state index in [1.807, 2.05) is 47.8 Å². The molecular weight excluding hydrogens is 336 g/mol. The van der Waals surface area contributed by atoms with E-state index in [0.29, 0.717) is 18.0 Å². The Morgan fingerprint density at radius 2 is 1.80 bits per heavy atom. The summed E-state index contributed by atoms with van der Waals surface area (Å²) in [4.78, 5) is 16.5. The van der Waals surface area contributed by atoms with Crippen LogP contribution in [-0.4, -0.2) is 24.6 Å². The Morgan fingerprint density at radius 3 is 2.56 bits per heavy atom. The number of ether oxygens (including phenoxy) is 2. The Labute approximate surface area is 150 Å². The highest BCUT2D eigenvalue weighted by Gasteiger charge is 2.08. The summed E-state index contributed by atoms with van der Waals surface area (Å²) >= 11 is 1.56. The lowest BCUT2D eigenvalue weighted by Gasteiger charge is -2.10. The van der Waals surface area contributed by atoms with Gasteiger partial charge in [-0.3, -0.25) is 4.79 Å². The summed E-state index contributed by atoms with van der Waals surface area (Å²) in [5.41, 5.74) is 1.90. The third-order valence-electron chi connectivity index (χ3n) is 3.47. The minimum Gasteiger partial charge on any atom is -0.493 e. The lowest BCUT2D eigenvalue weighted by atomic mass is 10.2. The maximum atomic E-state index is 12.0. The molecule has 128 valence electrons. The van der Waals surface area contributed by atoms with Crippen molar-refractivity contribution >= 4 is 17.2 Å². The zero-order valence-corrected chi connectivity index (χ0v) is 14.6. The highest BCUT2D eigenvalue weighted by Crippen LogP contribution is 2.25. The normalized spacial score (nSPS) is 10.3. The number of hydrogen-bond donors (Lipinski definition) is 1. The van der Waals surface area contributed by atoms with E-state index in [1.165, 1.54) is 0 Å². The molecular formula is C19H18N2O3S. The van der Waals surface area contributed by atoms with Crippen LogP contribution in [0.1, 0.15) is 5.69 Å². The molecule has 0 bridgehead atoms. The molecule has 1 aromatic heterocycles. The van der Waals surface area contributed by atoms with E-state index in [-0.39, 0.29) is 12.5 Å². The van der Waals surface area contributed by atoms with Crippen molar-refractivity contribution in [1.29, 1.82) is 0 Å². The van der Waals surface area contributed by atoms with Gasteiger partial charge in [0.25, 0.3) is 5.91 Å². The summed E-state index contributed by atoms with van der Waals surface area (Å²) in [6.45, 7) is 0.299. The average Bonchev–Trinajstić information content (AvgIpc) is 3.14. The molecule has 0 unspecified atom stereocenters. The number of methoxy groups -OCH3 is 1. The Kier molecular flexibility index (Phi) is 5.64. The van der Waals surface area contributed by atoms with Crippen LogP contribution in [0.3, 0.4) is 0 Å². The van der Waals surface area contributed by atoms with Crippen LogP contribution >= 0.6 is 11.3 Å². The molecule has 0 aliphatic heterocycles. The standard InChI is InChI=1S/C19H18N2O3S/c1-23-16-9-5-6-10-17(16)24-12-18(22)20-11-15-13-25-19(21-15)14-7-3-2-4-8-14/h2-10,13H,11-12H2,1H3,(H,20,22). The van der Waals surface area contributed by atoms with Crippen LogP contribution in [0, 0.1) is 0 Å². The number of carbonyl (C=O) groups excluding carboxylic acids is 1. The van der Waals surface area contributed by atoms with Gasteiger partial charge in [0.15, 0.2) is 18.1 Å². The molecule has 5 nitrogen and oxygen atoms in total. The van der Waals surface area contributed by atoms with Gasteiger partial charge in [0.1, 0.15) is 5.01 Å². The lowest BCUT2D eigenvalue weighted by molar-refractivity contribution is -0.123. The largest absolute Gasteiger partial charge is 0.493 e. The second-order valence-corrected chi connectivity index (χ2v) is 6.08. The van der Waals surface area contributed by atoms with Gasteiger partial charge in [0.2, 0.25) is 0 Å². The number of amides is 1. The van der Waals surface area contributed by atoms with Crippen molar-refractivity contribution in [1.82, 2.24) is 10.3 Å². The molecule has 1 N–H and O–H groups in total. The van der Waals surface area contributed by atoms with Crippen molar-refractivity contribution in [3.05, 3.63) is 65.7 Å². The summed E-state index contributed by atoms with van der Waals surface area (Å²) in [6, 6.07) is 17.2. The molecule has 6 heteroatoms. The first-order chi connectivity index (χ1) is 12.3. The van der Waals surface area contributed by atoms with Gasteiger partial charge in [0.05, 0.1) is 19.3 Å². The maximum Gasteiger partial charge on any atom is 0.258 e. The van der Waals surface area contributed by atoms with Crippen molar-refractivity contribution in [2.45, 2.75) is 6.54 Å². The fourth-order valence-corrected chi connectivity index (χ4v) is 3.05. The summed E-state index contributed by atoms with van der Waals surface area (Å²) in [6.07, 6.45) is 0. The molecule has 0 aliphatic carbocycles. The van der Waals surface area contributed by atoms with Crippen LogP contribution in [0.5, 0.6) is 11.5 Å². The zero-order valence-electron chi connectivity index (χ0n) is 13.8. The SMILES string of the molecule is COc1ccccc1OCC(=O)NCc1csc(-c2ccccc2)n1. The third-order valence-corrected chi connectivity index (χ3v) is 4.41. The minimum absolute atomic E-state index is 0.0734. The van der Waals surface area contributed by atoms with Gasteiger partial charge in [-0.25, -0.2) is 4.98 Å². The van der Waals surface area contributed by atoms with E-state index >= 15 is 0 Å². The van der Waals surface area contributed by atoms with Gasteiger partial charge < -0.3 is 14.8 Å². The van der Waals surface area contributed by atoms with Crippen LogP contribution in [0.25, 0.3) is 10.6 Å². The van der Waals surface area contributed by atoms with Crippen molar-refractivity contribution in [3.63, 3.8) is 0 Å². The number of nitrogens with one attached hydrogen (secondary N) is 1. The molecule has 0 spiro atoms. The first-order valence-electron chi connectivity index (χ1n) is 7.78. The Balaban J connectivity index is 1.50. The smallest absolute Gasteiger partial charge is 0.258 e. The summed E-state index contributed by atoms with van der Waals surface area (Å²) in [7, 11) is 1.56. The lowest BCUT2D eigenvalue weighted by Crippen LogP contribution is -2.28. The fourth-order valence-electron chi connectivity index (χ4n) is 2.22. The topological polar surface area (TPSA) is 60.5 Å². The highest BCUT2D eigenvalue weighted by molar-refractivity contribution is 7.13. The summed E-state index contributed by atoms with van der Waals surface area (Å²) in [5.74, 6) is 0.933.